The molecule has 1 amide bonds. The van der Waals surface area contributed by atoms with Crippen LogP contribution in [0.4, 0.5) is 0 Å². The number of carbonyl (C=O) groups is 2. The fraction of sp³-hybridized carbons (Fsp3) is 0.818. The van der Waals surface area contributed by atoms with Crippen LogP contribution in [0.2, 0.25) is 0 Å². The molecule has 0 aromatic carbocycles. The SMILES string of the molecule is CC(C)[C@@H](N)C(=O)N1CCOC(CC(=O)O)C1. The number of nitrogens with two attached hydrogens (primary N) is 1. The molecule has 1 aliphatic rings. The molecule has 0 aliphatic carbocycles. The molecule has 3 N–H and O–H groups in total. The van der Waals surface area contributed by atoms with Crippen molar-refractivity contribution in [1.82, 2.24) is 4.90 Å². The zero-order chi connectivity index (χ0) is 13.0. The second kappa shape index (κ2) is 5.97. The number of carboxylic acids is 1. The number of nitrogens with zero attached hydrogens (tertiary/aromatic N) is 1. The molecule has 2 atom stereocenters. The topological polar surface area (TPSA) is 92.9 Å². The van der Waals surface area contributed by atoms with Gasteiger partial charge >= 0.3 is 5.97 Å². The second-order valence-corrected chi connectivity index (χ2v) is 4.64. The molecule has 1 heterocycles. The van der Waals surface area contributed by atoms with Crippen LogP contribution in [-0.4, -0.2) is 53.7 Å². The zero-order valence-electron chi connectivity index (χ0n) is 10.3. The van der Waals surface area contributed by atoms with E-state index in [0.717, 1.165) is 0 Å². The molecule has 0 radical (unpaired) electrons. The molecule has 6 heteroatoms. The molecule has 0 aromatic rings. The first-order chi connectivity index (χ1) is 7.91. The average Bonchev–Trinajstić information content (AvgIpc) is 2.26. The minimum absolute atomic E-state index is 0.0725. The van der Waals surface area contributed by atoms with Gasteiger partial charge in [-0.25, -0.2) is 0 Å². The van der Waals surface area contributed by atoms with Crippen LogP contribution in [-0.2, 0) is 14.3 Å². The maximum atomic E-state index is 12.0. The van der Waals surface area contributed by atoms with E-state index in [0.29, 0.717) is 19.7 Å². The smallest absolute Gasteiger partial charge is 0.306 e. The molecule has 17 heavy (non-hydrogen) atoms. The molecular weight excluding hydrogens is 224 g/mol. The van der Waals surface area contributed by atoms with E-state index < -0.39 is 18.1 Å². The van der Waals surface area contributed by atoms with Crippen LogP contribution in [0, 0.1) is 5.92 Å². The first-order valence-electron chi connectivity index (χ1n) is 5.79. The van der Waals surface area contributed by atoms with Gasteiger partial charge in [-0.3, -0.25) is 9.59 Å². The minimum atomic E-state index is -0.919. The summed E-state index contributed by atoms with van der Waals surface area (Å²) in [7, 11) is 0. The predicted octanol–water partition coefficient (Wildman–Crippen LogP) is -0.328. The van der Waals surface area contributed by atoms with Crippen LogP contribution in [0.5, 0.6) is 0 Å². The van der Waals surface area contributed by atoms with Crippen LogP contribution in [0.25, 0.3) is 0 Å². The van der Waals surface area contributed by atoms with Gasteiger partial charge in [0.2, 0.25) is 5.91 Å². The number of ether oxygens (including phenoxy) is 1. The zero-order valence-corrected chi connectivity index (χ0v) is 10.3. The number of carboxylic acid groups (broad SMARTS) is 1. The Hall–Kier alpha value is -1.14. The summed E-state index contributed by atoms with van der Waals surface area (Å²) in [6, 6.07) is -0.529. The van der Waals surface area contributed by atoms with Crippen molar-refractivity contribution in [3.8, 4) is 0 Å². The van der Waals surface area contributed by atoms with Crippen molar-refractivity contribution in [1.29, 1.82) is 0 Å². The lowest BCUT2D eigenvalue weighted by Gasteiger charge is -2.34. The monoisotopic (exact) mass is 244 g/mol. The lowest BCUT2D eigenvalue weighted by atomic mass is 10.0. The molecule has 1 fully saturated rings. The molecule has 1 saturated heterocycles. The molecule has 0 spiro atoms. The predicted molar refractivity (Wildman–Crippen MR) is 61.4 cm³/mol. The highest BCUT2D eigenvalue weighted by Crippen LogP contribution is 2.11. The van der Waals surface area contributed by atoms with E-state index >= 15 is 0 Å². The Morgan fingerprint density at radius 2 is 2.18 bits per heavy atom. The van der Waals surface area contributed by atoms with E-state index in [2.05, 4.69) is 0 Å². The van der Waals surface area contributed by atoms with Crippen molar-refractivity contribution in [2.24, 2.45) is 11.7 Å². The highest BCUT2D eigenvalue weighted by Gasteiger charge is 2.29. The van der Waals surface area contributed by atoms with E-state index in [-0.39, 0.29) is 18.2 Å². The summed E-state index contributed by atoms with van der Waals surface area (Å²) in [5.41, 5.74) is 5.79. The van der Waals surface area contributed by atoms with Gasteiger partial charge in [-0.1, -0.05) is 13.8 Å². The number of aliphatic carboxylic acids is 1. The summed E-state index contributed by atoms with van der Waals surface area (Å²) in [6.07, 6.45) is -0.509. The van der Waals surface area contributed by atoms with Crippen LogP contribution < -0.4 is 5.73 Å². The first kappa shape index (κ1) is 13.9. The van der Waals surface area contributed by atoms with Crippen molar-refractivity contribution in [3.05, 3.63) is 0 Å². The van der Waals surface area contributed by atoms with Crippen LogP contribution >= 0.6 is 0 Å². The molecule has 0 bridgehead atoms. The Balaban J connectivity index is 2.54. The van der Waals surface area contributed by atoms with Crippen LogP contribution in [0.1, 0.15) is 20.3 Å². The summed E-state index contributed by atoms with van der Waals surface area (Å²) in [6.45, 7) is 4.94. The Bertz CT molecular complexity index is 293. The van der Waals surface area contributed by atoms with Crippen molar-refractivity contribution in [3.63, 3.8) is 0 Å². The second-order valence-electron chi connectivity index (χ2n) is 4.64. The van der Waals surface area contributed by atoms with Gasteiger partial charge in [-0.05, 0) is 5.92 Å². The van der Waals surface area contributed by atoms with E-state index in [1.54, 1.807) is 4.90 Å². The van der Waals surface area contributed by atoms with Crippen LogP contribution in [0.15, 0.2) is 0 Å². The Morgan fingerprint density at radius 1 is 1.53 bits per heavy atom. The van der Waals surface area contributed by atoms with Crippen molar-refractivity contribution in [2.45, 2.75) is 32.4 Å². The van der Waals surface area contributed by atoms with Crippen molar-refractivity contribution in [2.75, 3.05) is 19.7 Å². The molecule has 1 unspecified atom stereocenters. The fourth-order valence-corrected chi connectivity index (χ4v) is 1.73. The number of morpholine rings is 1. The molecule has 1 aliphatic heterocycles. The third kappa shape index (κ3) is 3.98. The third-order valence-electron chi connectivity index (χ3n) is 2.86. The summed E-state index contributed by atoms with van der Waals surface area (Å²) >= 11 is 0. The van der Waals surface area contributed by atoms with Gasteiger partial charge in [0.05, 0.1) is 25.2 Å². The Morgan fingerprint density at radius 3 is 2.71 bits per heavy atom. The molecule has 6 nitrogen and oxygen atoms in total. The van der Waals surface area contributed by atoms with E-state index in [1.807, 2.05) is 13.8 Å². The van der Waals surface area contributed by atoms with Crippen molar-refractivity contribution < 1.29 is 19.4 Å². The highest BCUT2D eigenvalue weighted by atomic mass is 16.5. The van der Waals surface area contributed by atoms with Crippen LogP contribution in [0.3, 0.4) is 0 Å². The van der Waals surface area contributed by atoms with E-state index in [1.165, 1.54) is 0 Å². The quantitative estimate of drug-likeness (QED) is 0.706. The molecule has 98 valence electrons. The third-order valence-corrected chi connectivity index (χ3v) is 2.86. The maximum absolute atomic E-state index is 12.0. The number of carbonyl (C=O) groups excluding carboxylic acids is 1. The van der Waals surface area contributed by atoms with Gasteiger partial charge < -0.3 is 20.5 Å². The summed E-state index contributed by atoms with van der Waals surface area (Å²) in [5, 5.41) is 8.68. The minimum Gasteiger partial charge on any atom is -0.481 e. The van der Waals surface area contributed by atoms with E-state index in [9.17, 15) is 9.59 Å². The van der Waals surface area contributed by atoms with Gasteiger partial charge in [0.15, 0.2) is 0 Å². The Labute approximate surface area is 101 Å². The standard InChI is InChI=1S/C11H20N2O4/c1-7(2)10(12)11(16)13-3-4-17-8(6-13)5-9(14)15/h7-8,10H,3-6,12H2,1-2H3,(H,14,15)/t8?,10-/m1/s1. The molecule has 0 saturated carbocycles. The van der Waals surface area contributed by atoms with Crippen molar-refractivity contribution >= 4 is 11.9 Å². The van der Waals surface area contributed by atoms with Gasteiger partial charge in [0.1, 0.15) is 0 Å². The normalized spacial score (nSPS) is 22.6. The number of hydrogen-bond acceptors (Lipinski definition) is 4. The number of rotatable bonds is 4. The molecule has 1 rings (SSSR count). The van der Waals surface area contributed by atoms with Gasteiger partial charge in [0, 0.05) is 13.1 Å². The number of amides is 1. The average molecular weight is 244 g/mol. The van der Waals surface area contributed by atoms with Gasteiger partial charge in [-0.15, -0.1) is 0 Å². The molecular formula is C11H20N2O4. The maximum Gasteiger partial charge on any atom is 0.306 e. The van der Waals surface area contributed by atoms with E-state index in [4.69, 9.17) is 15.6 Å². The molecule has 0 aromatic heterocycles. The summed E-state index contributed by atoms with van der Waals surface area (Å²) in [5.74, 6) is -0.973. The lowest BCUT2D eigenvalue weighted by molar-refractivity contribution is -0.148. The largest absolute Gasteiger partial charge is 0.481 e. The Kier molecular flexibility index (Phi) is 4.89. The highest BCUT2D eigenvalue weighted by molar-refractivity contribution is 5.82. The summed E-state index contributed by atoms with van der Waals surface area (Å²) < 4.78 is 5.29. The first-order valence-corrected chi connectivity index (χ1v) is 5.79. The lowest BCUT2D eigenvalue weighted by Crippen LogP contribution is -2.53. The number of hydrogen-bond donors (Lipinski definition) is 2. The van der Waals surface area contributed by atoms with Gasteiger partial charge in [-0.2, -0.15) is 0 Å². The fourth-order valence-electron chi connectivity index (χ4n) is 1.73. The van der Waals surface area contributed by atoms with Gasteiger partial charge in [0.25, 0.3) is 0 Å². The summed E-state index contributed by atoms with van der Waals surface area (Å²) in [4.78, 5) is 24.1.